The Bertz CT molecular complexity index is 703. The maximum Gasteiger partial charge on any atom is 0.365 e. The van der Waals surface area contributed by atoms with Crippen molar-refractivity contribution in [2.24, 2.45) is 10.9 Å². The van der Waals surface area contributed by atoms with Crippen LogP contribution in [-0.2, 0) is 4.84 Å². The number of aromatic nitrogens is 2. The number of nitrogens with two attached hydrogens (primary N) is 2. The molecule has 0 radical (unpaired) electrons. The standard InChI is InChI=1S/C13H12BrN5O2/c1-7-10(14)18-9(11(15)17-7)12(16)19-21-13(20)8-5-3-2-4-6-8/h2-6H,1H3,(H2,15,17)(H2,16,19). The van der Waals surface area contributed by atoms with Crippen molar-refractivity contribution in [3.63, 3.8) is 0 Å². The zero-order valence-electron chi connectivity index (χ0n) is 11.1. The third-order valence-electron chi connectivity index (χ3n) is 2.52. The van der Waals surface area contributed by atoms with E-state index in [1.54, 1.807) is 37.3 Å². The van der Waals surface area contributed by atoms with Gasteiger partial charge in [-0.15, -0.1) is 0 Å². The molecule has 8 heteroatoms. The number of amidine groups is 1. The van der Waals surface area contributed by atoms with Gasteiger partial charge in [-0.05, 0) is 35.0 Å². The largest absolute Gasteiger partial charge is 0.382 e. The lowest BCUT2D eigenvalue weighted by Crippen LogP contribution is -2.20. The molecule has 4 N–H and O–H groups in total. The summed E-state index contributed by atoms with van der Waals surface area (Å²) < 4.78 is 0.485. The Labute approximate surface area is 129 Å². The summed E-state index contributed by atoms with van der Waals surface area (Å²) in [7, 11) is 0. The van der Waals surface area contributed by atoms with E-state index in [1.165, 1.54) is 0 Å². The minimum atomic E-state index is -0.628. The lowest BCUT2D eigenvalue weighted by atomic mass is 10.2. The maximum absolute atomic E-state index is 11.7. The van der Waals surface area contributed by atoms with E-state index in [4.69, 9.17) is 16.3 Å². The third-order valence-corrected chi connectivity index (χ3v) is 3.27. The monoisotopic (exact) mass is 349 g/mol. The summed E-state index contributed by atoms with van der Waals surface area (Å²) in [6.07, 6.45) is 0. The summed E-state index contributed by atoms with van der Waals surface area (Å²) in [5.41, 5.74) is 12.5. The Kier molecular flexibility index (Phi) is 4.49. The highest BCUT2D eigenvalue weighted by molar-refractivity contribution is 9.10. The van der Waals surface area contributed by atoms with Crippen LogP contribution in [0.3, 0.4) is 0 Å². The fourth-order valence-corrected chi connectivity index (χ4v) is 1.73. The number of benzene rings is 1. The van der Waals surface area contributed by atoms with Crippen molar-refractivity contribution >= 4 is 33.6 Å². The molecular formula is C13H12BrN5O2. The first-order chi connectivity index (χ1) is 9.99. The van der Waals surface area contributed by atoms with Crippen molar-refractivity contribution in [2.45, 2.75) is 6.92 Å². The minimum absolute atomic E-state index is 0.104. The fourth-order valence-electron chi connectivity index (χ4n) is 1.47. The molecule has 0 fully saturated rings. The van der Waals surface area contributed by atoms with Gasteiger partial charge in [0.1, 0.15) is 4.60 Å². The average molecular weight is 350 g/mol. The minimum Gasteiger partial charge on any atom is -0.382 e. The van der Waals surface area contributed by atoms with E-state index < -0.39 is 5.97 Å². The first-order valence-corrected chi connectivity index (χ1v) is 6.68. The third kappa shape index (κ3) is 3.54. The molecule has 0 aliphatic heterocycles. The number of oxime groups is 1. The van der Waals surface area contributed by atoms with E-state index in [9.17, 15) is 4.79 Å². The van der Waals surface area contributed by atoms with Gasteiger partial charge in [0, 0.05) is 0 Å². The van der Waals surface area contributed by atoms with E-state index >= 15 is 0 Å². The van der Waals surface area contributed by atoms with Gasteiger partial charge in [-0.25, -0.2) is 14.8 Å². The summed E-state index contributed by atoms with van der Waals surface area (Å²) in [4.78, 5) is 24.6. The molecule has 0 saturated heterocycles. The topological polar surface area (TPSA) is 116 Å². The van der Waals surface area contributed by atoms with Gasteiger partial charge < -0.3 is 16.3 Å². The summed E-state index contributed by atoms with van der Waals surface area (Å²) in [5, 5.41) is 3.54. The van der Waals surface area contributed by atoms with Crippen molar-refractivity contribution in [1.29, 1.82) is 0 Å². The zero-order chi connectivity index (χ0) is 15.4. The van der Waals surface area contributed by atoms with Crippen LogP contribution in [0, 0.1) is 6.92 Å². The number of halogens is 1. The van der Waals surface area contributed by atoms with Crippen molar-refractivity contribution in [3.8, 4) is 0 Å². The van der Waals surface area contributed by atoms with Crippen LogP contribution in [0.1, 0.15) is 21.7 Å². The number of carbonyl (C=O) groups excluding carboxylic acids is 1. The zero-order valence-corrected chi connectivity index (χ0v) is 12.7. The number of carbonyl (C=O) groups is 1. The highest BCUT2D eigenvalue weighted by Gasteiger charge is 2.13. The highest BCUT2D eigenvalue weighted by atomic mass is 79.9. The maximum atomic E-state index is 11.7. The second-order valence-electron chi connectivity index (χ2n) is 4.05. The molecule has 2 rings (SSSR count). The highest BCUT2D eigenvalue weighted by Crippen LogP contribution is 2.15. The van der Waals surface area contributed by atoms with Gasteiger partial charge >= 0.3 is 5.97 Å². The molecule has 0 spiro atoms. The molecule has 0 saturated carbocycles. The number of anilines is 1. The van der Waals surface area contributed by atoms with E-state index in [1.807, 2.05) is 0 Å². The number of nitrogens with zero attached hydrogens (tertiary/aromatic N) is 3. The quantitative estimate of drug-likeness (QED) is 0.376. The van der Waals surface area contributed by atoms with Crippen molar-refractivity contribution in [1.82, 2.24) is 9.97 Å². The number of aryl methyl sites for hydroxylation is 1. The van der Waals surface area contributed by atoms with Gasteiger partial charge in [-0.1, -0.05) is 23.4 Å². The summed E-state index contributed by atoms with van der Waals surface area (Å²) in [6.45, 7) is 1.74. The Morgan fingerprint density at radius 2 is 1.95 bits per heavy atom. The molecule has 7 nitrogen and oxygen atoms in total. The normalized spacial score (nSPS) is 11.2. The molecule has 108 valence electrons. The van der Waals surface area contributed by atoms with Crippen LogP contribution >= 0.6 is 15.9 Å². The van der Waals surface area contributed by atoms with Crippen molar-refractivity contribution in [3.05, 3.63) is 51.9 Å². The van der Waals surface area contributed by atoms with Crippen molar-refractivity contribution in [2.75, 3.05) is 5.73 Å². The smallest absolute Gasteiger partial charge is 0.365 e. The summed E-state index contributed by atoms with van der Waals surface area (Å²) in [5.74, 6) is -0.658. The van der Waals surface area contributed by atoms with Crippen molar-refractivity contribution < 1.29 is 9.63 Å². The molecule has 0 aliphatic carbocycles. The second-order valence-corrected chi connectivity index (χ2v) is 4.81. The van der Waals surface area contributed by atoms with Crippen LogP contribution in [-0.4, -0.2) is 21.8 Å². The van der Waals surface area contributed by atoms with Gasteiger partial charge in [-0.3, -0.25) is 0 Å². The molecule has 2 aromatic rings. The van der Waals surface area contributed by atoms with Crippen LogP contribution < -0.4 is 11.5 Å². The molecule has 0 aliphatic rings. The Balaban J connectivity index is 2.19. The van der Waals surface area contributed by atoms with Crippen LogP contribution in [0.15, 0.2) is 40.1 Å². The van der Waals surface area contributed by atoms with Crippen LogP contribution in [0.2, 0.25) is 0 Å². The van der Waals surface area contributed by atoms with E-state index in [-0.39, 0.29) is 17.3 Å². The Morgan fingerprint density at radius 3 is 2.62 bits per heavy atom. The number of hydrogen-bond donors (Lipinski definition) is 2. The Hall–Kier alpha value is -2.48. The van der Waals surface area contributed by atoms with Gasteiger partial charge in [0.05, 0.1) is 11.3 Å². The average Bonchev–Trinajstić information content (AvgIpc) is 2.49. The number of nitrogen functional groups attached to an aromatic ring is 1. The molecule has 0 bridgehead atoms. The lowest BCUT2D eigenvalue weighted by molar-refractivity contribution is 0.0516. The molecule has 0 atom stereocenters. The van der Waals surface area contributed by atoms with Gasteiger partial charge in [0.2, 0.25) is 0 Å². The molecule has 1 heterocycles. The number of hydrogen-bond acceptors (Lipinski definition) is 6. The first-order valence-electron chi connectivity index (χ1n) is 5.89. The number of rotatable bonds is 3. The second kappa shape index (κ2) is 6.31. The fraction of sp³-hybridized carbons (Fsp3) is 0.0769. The molecule has 0 unspecified atom stereocenters. The predicted octanol–water partition coefficient (Wildman–Crippen LogP) is 1.61. The van der Waals surface area contributed by atoms with Crippen LogP contribution in [0.4, 0.5) is 5.82 Å². The molecular weight excluding hydrogens is 338 g/mol. The lowest BCUT2D eigenvalue weighted by Gasteiger charge is -2.05. The SMILES string of the molecule is Cc1nc(N)c(/C(N)=N/OC(=O)c2ccccc2)nc1Br. The summed E-state index contributed by atoms with van der Waals surface area (Å²) >= 11 is 3.22. The molecule has 1 aromatic heterocycles. The Morgan fingerprint density at radius 1 is 1.29 bits per heavy atom. The molecule has 21 heavy (non-hydrogen) atoms. The molecule has 1 aromatic carbocycles. The van der Waals surface area contributed by atoms with E-state index in [0.717, 1.165) is 0 Å². The predicted molar refractivity (Wildman–Crippen MR) is 81.5 cm³/mol. The van der Waals surface area contributed by atoms with Gasteiger partial charge in [0.25, 0.3) is 0 Å². The van der Waals surface area contributed by atoms with Crippen LogP contribution in [0.5, 0.6) is 0 Å². The van der Waals surface area contributed by atoms with Gasteiger partial charge in [-0.2, -0.15) is 0 Å². The van der Waals surface area contributed by atoms with Gasteiger partial charge in [0.15, 0.2) is 17.3 Å². The first kappa shape index (κ1) is 14.9. The van der Waals surface area contributed by atoms with E-state index in [2.05, 4.69) is 31.1 Å². The van der Waals surface area contributed by atoms with E-state index in [0.29, 0.717) is 15.9 Å². The molecule has 0 amide bonds. The van der Waals surface area contributed by atoms with Crippen LogP contribution in [0.25, 0.3) is 0 Å². The summed E-state index contributed by atoms with van der Waals surface area (Å²) in [6, 6.07) is 8.41.